The highest BCUT2D eigenvalue weighted by Crippen LogP contribution is 2.29. The van der Waals surface area contributed by atoms with Crippen molar-refractivity contribution in [2.75, 3.05) is 16.2 Å². The van der Waals surface area contributed by atoms with Crippen molar-refractivity contribution in [2.24, 2.45) is 0 Å². The van der Waals surface area contributed by atoms with Gasteiger partial charge in [0.05, 0.1) is 5.69 Å². The molecule has 7 nitrogen and oxygen atoms in total. The van der Waals surface area contributed by atoms with Crippen LogP contribution in [0.4, 0.5) is 11.4 Å². The van der Waals surface area contributed by atoms with Gasteiger partial charge in [-0.15, -0.1) is 0 Å². The second-order valence-electron chi connectivity index (χ2n) is 7.86. The Balaban J connectivity index is 2.02. The quantitative estimate of drug-likeness (QED) is 0.614. The average molecular weight is 442 g/mol. The van der Waals surface area contributed by atoms with Gasteiger partial charge in [0, 0.05) is 5.69 Å². The molecule has 0 radical (unpaired) electrons. The third-order valence-corrected chi connectivity index (χ3v) is 7.11. The average Bonchev–Trinajstić information content (AvgIpc) is 3.01. The lowest BCUT2D eigenvalue weighted by Crippen LogP contribution is -2.38. The van der Waals surface area contributed by atoms with Crippen LogP contribution in [0.15, 0.2) is 45.8 Å². The van der Waals surface area contributed by atoms with Crippen molar-refractivity contribution >= 4 is 27.3 Å². The summed E-state index contributed by atoms with van der Waals surface area (Å²) in [4.78, 5) is 12.9. The fraction of sp³-hybridized carbons (Fsp3) is 0.304. The Kier molecular flexibility index (Phi) is 6.22. The standard InChI is InChI=1S/C23H27N3O4S/c1-14-9-15(2)11-21(10-14)26(31(28,29)23-18(5)25-30-19(23)6)13-22(27)24-20-8-7-16(3)17(4)12-20/h7-12H,13H2,1-6H3,(H,24,27). The molecule has 1 aromatic heterocycles. The number of aromatic nitrogens is 1. The highest BCUT2D eigenvalue weighted by atomic mass is 32.2. The van der Waals surface area contributed by atoms with Gasteiger partial charge in [-0.1, -0.05) is 17.3 Å². The summed E-state index contributed by atoms with van der Waals surface area (Å²) < 4.78 is 33.4. The van der Waals surface area contributed by atoms with Gasteiger partial charge in [0.1, 0.15) is 12.2 Å². The smallest absolute Gasteiger partial charge is 0.270 e. The Hall–Kier alpha value is -3.13. The molecule has 1 N–H and O–H groups in total. The molecule has 3 rings (SSSR count). The van der Waals surface area contributed by atoms with Crippen LogP contribution >= 0.6 is 0 Å². The molecule has 0 aliphatic heterocycles. The molecule has 0 bridgehead atoms. The molecule has 0 atom stereocenters. The van der Waals surface area contributed by atoms with Gasteiger partial charge in [-0.2, -0.15) is 0 Å². The van der Waals surface area contributed by atoms with E-state index in [1.54, 1.807) is 32.0 Å². The predicted octanol–water partition coefficient (Wildman–Crippen LogP) is 4.36. The van der Waals surface area contributed by atoms with E-state index in [1.165, 1.54) is 0 Å². The number of nitrogens with one attached hydrogen (secondary N) is 1. The maximum atomic E-state index is 13.6. The van der Waals surface area contributed by atoms with Crippen LogP contribution in [0.25, 0.3) is 0 Å². The lowest BCUT2D eigenvalue weighted by molar-refractivity contribution is -0.114. The molecule has 0 spiro atoms. The molecular formula is C23H27N3O4S. The third-order valence-electron chi connectivity index (χ3n) is 5.09. The number of carbonyl (C=O) groups is 1. The van der Waals surface area contributed by atoms with Gasteiger partial charge in [-0.05, 0) is 88.1 Å². The number of anilines is 2. The minimum Gasteiger partial charge on any atom is -0.360 e. The van der Waals surface area contributed by atoms with Crippen molar-refractivity contribution in [3.63, 3.8) is 0 Å². The van der Waals surface area contributed by atoms with Crippen LogP contribution in [-0.2, 0) is 14.8 Å². The van der Waals surface area contributed by atoms with E-state index in [4.69, 9.17) is 4.52 Å². The lowest BCUT2D eigenvalue weighted by atomic mass is 10.1. The number of hydrogen-bond donors (Lipinski definition) is 1. The zero-order valence-corrected chi connectivity index (χ0v) is 19.4. The number of rotatable bonds is 6. The Labute approximate surface area is 183 Å². The van der Waals surface area contributed by atoms with E-state index in [-0.39, 0.29) is 22.9 Å². The second-order valence-corrected chi connectivity index (χ2v) is 9.66. The molecule has 8 heteroatoms. The molecule has 2 aromatic carbocycles. The lowest BCUT2D eigenvalue weighted by Gasteiger charge is -2.24. The van der Waals surface area contributed by atoms with E-state index in [9.17, 15) is 13.2 Å². The van der Waals surface area contributed by atoms with E-state index in [0.29, 0.717) is 11.4 Å². The van der Waals surface area contributed by atoms with E-state index in [1.807, 2.05) is 45.9 Å². The van der Waals surface area contributed by atoms with Crippen LogP contribution in [-0.4, -0.2) is 26.0 Å². The molecule has 1 heterocycles. The van der Waals surface area contributed by atoms with Crippen LogP contribution in [0, 0.1) is 41.5 Å². The Morgan fingerprint density at radius 2 is 1.61 bits per heavy atom. The normalized spacial score (nSPS) is 11.4. The van der Waals surface area contributed by atoms with Gasteiger partial charge in [0.2, 0.25) is 5.91 Å². The maximum absolute atomic E-state index is 13.6. The highest BCUT2D eigenvalue weighted by Gasteiger charge is 2.33. The Morgan fingerprint density at radius 3 is 2.16 bits per heavy atom. The Morgan fingerprint density at radius 1 is 0.968 bits per heavy atom. The fourth-order valence-corrected chi connectivity index (χ4v) is 5.21. The third kappa shape index (κ3) is 4.80. The molecule has 0 aliphatic rings. The first-order valence-corrected chi connectivity index (χ1v) is 11.3. The molecule has 0 aliphatic carbocycles. The van der Waals surface area contributed by atoms with Crippen molar-refractivity contribution in [1.29, 1.82) is 0 Å². The summed E-state index contributed by atoms with van der Waals surface area (Å²) in [6, 6.07) is 11.0. The maximum Gasteiger partial charge on any atom is 0.270 e. The summed E-state index contributed by atoms with van der Waals surface area (Å²) in [7, 11) is -4.09. The molecule has 31 heavy (non-hydrogen) atoms. The van der Waals surface area contributed by atoms with Gasteiger partial charge in [-0.25, -0.2) is 8.42 Å². The number of aryl methyl sites for hydroxylation is 6. The van der Waals surface area contributed by atoms with Crippen LogP contribution < -0.4 is 9.62 Å². The predicted molar refractivity (Wildman–Crippen MR) is 121 cm³/mol. The topological polar surface area (TPSA) is 92.5 Å². The first-order chi connectivity index (χ1) is 14.5. The molecule has 0 saturated carbocycles. The summed E-state index contributed by atoms with van der Waals surface area (Å²) in [5.74, 6) is -0.265. The van der Waals surface area contributed by atoms with Crippen molar-refractivity contribution in [3.8, 4) is 0 Å². The largest absolute Gasteiger partial charge is 0.360 e. The van der Waals surface area contributed by atoms with Crippen molar-refractivity contribution in [3.05, 3.63) is 70.1 Å². The minimum absolute atomic E-state index is 0.0226. The Bertz CT molecular complexity index is 1210. The molecule has 0 fully saturated rings. The summed E-state index contributed by atoms with van der Waals surface area (Å²) in [6.45, 7) is 10.4. The van der Waals surface area contributed by atoms with Crippen LogP contribution in [0.1, 0.15) is 33.7 Å². The number of sulfonamides is 1. The number of carbonyl (C=O) groups excluding carboxylic acids is 1. The second kappa shape index (κ2) is 8.55. The SMILES string of the molecule is Cc1cc(C)cc(N(CC(=O)Nc2ccc(C)c(C)c2)S(=O)(=O)c2c(C)noc2C)c1. The van der Waals surface area contributed by atoms with Gasteiger partial charge in [0.25, 0.3) is 10.0 Å². The van der Waals surface area contributed by atoms with Gasteiger partial charge >= 0.3 is 0 Å². The zero-order chi connectivity index (χ0) is 22.9. The molecule has 164 valence electrons. The number of nitrogens with zero attached hydrogens (tertiary/aromatic N) is 2. The van der Waals surface area contributed by atoms with E-state index < -0.39 is 15.9 Å². The van der Waals surface area contributed by atoms with Gasteiger partial charge in [0.15, 0.2) is 10.7 Å². The monoisotopic (exact) mass is 441 g/mol. The number of hydrogen-bond acceptors (Lipinski definition) is 5. The van der Waals surface area contributed by atoms with Crippen molar-refractivity contribution in [2.45, 2.75) is 46.4 Å². The summed E-state index contributed by atoms with van der Waals surface area (Å²) >= 11 is 0. The van der Waals surface area contributed by atoms with E-state index in [0.717, 1.165) is 26.6 Å². The molecular weight excluding hydrogens is 414 g/mol. The summed E-state index contributed by atoms with van der Waals surface area (Å²) in [5.41, 5.74) is 5.20. The fourth-order valence-electron chi connectivity index (χ4n) is 3.51. The minimum atomic E-state index is -4.09. The van der Waals surface area contributed by atoms with Crippen LogP contribution in [0.5, 0.6) is 0 Å². The van der Waals surface area contributed by atoms with E-state index in [2.05, 4.69) is 10.5 Å². The van der Waals surface area contributed by atoms with Gasteiger partial charge < -0.3 is 9.84 Å². The zero-order valence-electron chi connectivity index (χ0n) is 18.6. The number of benzene rings is 2. The van der Waals surface area contributed by atoms with E-state index >= 15 is 0 Å². The molecule has 1 amide bonds. The number of amides is 1. The van der Waals surface area contributed by atoms with Crippen molar-refractivity contribution in [1.82, 2.24) is 5.16 Å². The first kappa shape index (κ1) is 22.6. The molecule has 3 aromatic rings. The molecule has 0 saturated heterocycles. The highest BCUT2D eigenvalue weighted by molar-refractivity contribution is 7.93. The summed E-state index contributed by atoms with van der Waals surface area (Å²) in [6.07, 6.45) is 0. The molecule has 0 unspecified atom stereocenters. The first-order valence-electron chi connectivity index (χ1n) is 9.90. The van der Waals surface area contributed by atoms with Crippen LogP contribution in [0.2, 0.25) is 0 Å². The summed E-state index contributed by atoms with van der Waals surface area (Å²) in [5, 5.41) is 6.58. The van der Waals surface area contributed by atoms with Crippen molar-refractivity contribution < 1.29 is 17.7 Å². The van der Waals surface area contributed by atoms with Gasteiger partial charge in [-0.3, -0.25) is 9.10 Å². The van der Waals surface area contributed by atoms with Crippen LogP contribution in [0.3, 0.4) is 0 Å².